The third-order valence-electron chi connectivity index (χ3n) is 3.30. The van der Waals surface area contributed by atoms with Crippen molar-refractivity contribution in [2.45, 2.75) is 26.9 Å². The maximum atomic E-state index is 12.3. The number of aryl methyl sites for hydroxylation is 1. The average molecular weight is 355 g/mol. The topological polar surface area (TPSA) is 62.1 Å². The summed E-state index contributed by atoms with van der Waals surface area (Å²) in [6.45, 7) is 5.78. The van der Waals surface area contributed by atoms with Crippen LogP contribution in [0.25, 0.3) is 6.08 Å². The number of nitrogens with one attached hydrogen (secondary N) is 1. The lowest BCUT2D eigenvalue weighted by Gasteiger charge is -2.11. The zero-order valence-electron chi connectivity index (χ0n) is 14.3. The highest BCUT2D eigenvalue weighted by molar-refractivity contribution is 6.32. The predicted molar refractivity (Wildman–Crippen MR) is 101 cm³/mol. The molecule has 2 aromatic rings. The molecule has 0 aliphatic rings. The fourth-order valence-corrected chi connectivity index (χ4v) is 2.34. The van der Waals surface area contributed by atoms with Gasteiger partial charge in [0.1, 0.15) is 17.4 Å². The van der Waals surface area contributed by atoms with Crippen LogP contribution in [0.2, 0.25) is 5.02 Å². The third-order valence-corrected chi connectivity index (χ3v) is 3.60. The summed E-state index contributed by atoms with van der Waals surface area (Å²) in [7, 11) is 0. The molecule has 0 heterocycles. The van der Waals surface area contributed by atoms with Gasteiger partial charge in [0.2, 0.25) is 0 Å². The first kappa shape index (κ1) is 18.6. The number of amides is 1. The monoisotopic (exact) mass is 354 g/mol. The van der Waals surface area contributed by atoms with Crippen LogP contribution >= 0.6 is 11.6 Å². The molecule has 0 bridgehead atoms. The van der Waals surface area contributed by atoms with Crippen LogP contribution in [0.1, 0.15) is 25.0 Å². The van der Waals surface area contributed by atoms with E-state index in [1.54, 1.807) is 30.3 Å². The van der Waals surface area contributed by atoms with Gasteiger partial charge in [-0.25, -0.2) is 0 Å². The molecule has 0 aromatic heterocycles. The highest BCUT2D eigenvalue weighted by atomic mass is 35.5. The highest BCUT2D eigenvalue weighted by Gasteiger charge is 2.11. The molecule has 0 aliphatic carbocycles. The average Bonchev–Trinajstić information content (AvgIpc) is 2.56. The van der Waals surface area contributed by atoms with E-state index >= 15 is 0 Å². The van der Waals surface area contributed by atoms with Gasteiger partial charge >= 0.3 is 0 Å². The Hall–Kier alpha value is -2.77. The Bertz CT molecular complexity index is 834. The lowest BCUT2D eigenvalue weighted by molar-refractivity contribution is -0.112. The number of carbonyl (C=O) groups excluding carboxylic acids is 1. The van der Waals surface area contributed by atoms with Gasteiger partial charge in [0.05, 0.1) is 11.1 Å². The van der Waals surface area contributed by atoms with Gasteiger partial charge in [-0.1, -0.05) is 35.4 Å². The second kappa shape index (κ2) is 8.36. The van der Waals surface area contributed by atoms with Gasteiger partial charge in [-0.15, -0.1) is 0 Å². The molecular formula is C20H19ClN2O2. The SMILES string of the molecule is Cc1ccc(NC(=O)/C(C#N)=C/c2ccc(OC(C)C)c(Cl)c2)cc1. The quantitative estimate of drug-likeness (QED) is 0.608. The molecule has 1 amide bonds. The molecule has 0 saturated heterocycles. The highest BCUT2D eigenvalue weighted by Crippen LogP contribution is 2.27. The van der Waals surface area contributed by atoms with Crippen LogP contribution in [0.15, 0.2) is 48.0 Å². The molecule has 5 heteroatoms. The minimum atomic E-state index is -0.468. The summed E-state index contributed by atoms with van der Waals surface area (Å²) in [5.74, 6) is 0.0985. The molecule has 2 aromatic carbocycles. The van der Waals surface area contributed by atoms with E-state index in [0.29, 0.717) is 22.0 Å². The number of hydrogen-bond donors (Lipinski definition) is 1. The van der Waals surface area contributed by atoms with Gasteiger partial charge in [0.15, 0.2) is 0 Å². The first-order valence-corrected chi connectivity index (χ1v) is 8.23. The standard InChI is InChI=1S/C20H19ClN2O2/c1-13(2)25-19-9-6-15(11-18(19)21)10-16(12-22)20(24)23-17-7-4-14(3)5-8-17/h4-11,13H,1-3H3,(H,23,24)/b16-10+. The van der Waals surface area contributed by atoms with Crippen molar-refractivity contribution < 1.29 is 9.53 Å². The van der Waals surface area contributed by atoms with E-state index in [9.17, 15) is 10.1 Å². The lowest BCUT2D eigenvalue weighted by Crippen LogP contribution is -2.13. The van der Waals surface area contributed by atoms with Gasteiger partial charge in [-0.2, -0.15) is 5.26 Å². The van der Waals surface area contributed by atoms with Crippen LogP contribution in [0.4, 0.5) is 5.69 Å². The molecule has 0 fully saturated rings. The fraction of sp³-hybridized carbons (Fsp3) is 0.200. The Kier molecular flexibility index (Phi) is 6.21. The van der Waals surface area contributed by atoms with E-state index in [-0.39, 0.29) is 11.7 Å². The number of hydrogen-bond acceptors (Lipinski definition) is 3. The van der Waals surface area contributed by atoms with Gasteiger partial charge in [-0.3, -0.25) is 4.79 Å². The smallest absolute Gasteiger partial charge is 0.266 e. The number of rotatable bonds is 5. The molecule has 1 N–H and O–H groups in total. The Labute approximate surface area is 152 Å². The minimum absolute atomic E-state index is 0.00540. The zero-order valence-corrected chi connectivity index (χ0v) is 15.1. The summed E-state index contributed by atoms with van der Waals surface area (Å²) in [6.07, 6.45) is 1.50. The molecular weight excluding hydrogens is 336 g/mol. The fourth-order valence-electron chi connectivity index (χ4n) is 2.11. The number of carbonyl (C=O) groups is 1. The lowest BCUT2D eigenvalue weighted by atomic mass is 10.1. The van der Waals surface area contributed by atoms with Crippen molar-refractivity contribution in [3.63, 3.8) is 0 Å². The van der Waals surface area contributed by atoms with Crippen molar-refractivity contribution in [2.75, 3.05) is 5.32 Å². The van der Waals surface area contributed by atoms with Crippen molar-refractivity contribution in [2.24, 2.45) is 0 Å². The molecule has 0 radical (unpaired) electrons. The molecule has 2 rings (SSSR count). The number of halogens is 1. The van der Waals surface area contributed by atoms with Crippen LogP contribution in [-0.4, -0.2) is 12.0 Å². The summed E-state index contributed by atoms with van der Waals surface area (Å²) >= 11 is 6.19. The Balaban J connectivity index is 2.19. The van der Waals surface area contributed by atoms with Crippen molar-refractivity contribution in [1.29, 1.82) is 5.26 Å². The van der Waals surface area contributed by atoms with Gasteiger partial charge in [-0.05, 0) is 56.7 Å². The molecule has 0 spiro atoms. The Morgan fingerprint density at radius 3 is 2.48 bits per heavy atom. The maximum Gasteiger partial charge on any atom is 0.266 e. The van der Waals surface area contributed by atoms with Crippen molar-refractivity contribution in [1.82, 2.24) is 0 Å². The number of anilines is 1. The van der Waals surface area contributed by atoms with Crippen LogP contribution in [0.5, 0.6) is 5.75 Å². The molecule has 0 atom stereocenters. The van der Waals surface area contributed by atoms with Crippen LogP contribution in [0.3, 0.4) is 0 Å². The molecule has 0 unspecified atom stereocenters. The van der Waals surface area contributed by atoms with E-state index in [4.69, 9.17) is 16.3 Å². The van der Waals surface area contributed by atoms with Crippen LogP contribution < -0.4 is 10.1 Å². The second-order valence-electron chi connectivity index (χ2n) is 5.85. The molecule has 0 aliphatic heterocycles. The third kappa shape index (κ3) is 5.37. The van der Waals surface area contributed by atoms with E-state index in [1.165, 1.54) is 6.08 Å². The summed E-state index contributed by atoms with van der Waals surface area (Å²) < 4.78 is 5.57. The second-order valence-corrected chi connectivity index (χ2v) is 6.25. The Morgan fingerprint density at radius 1 is 1.24 bits per heavy atom. The van der Waals surface area contributed by atoms with Gasteiger partial charge in [0, 0.05) is 5.69 Å². The summed E-state index contributed by atoms with van der Waals surface area (Å²) in [5.41, 5.74) is 2.37. The first-order valence-electron chi connectivity index (χ1n) is 7.85. The predicted octanol–water partition coefficient (Wildman–Crippen LogP) is 4.98. The van der Waals surface area contributed by atoms with E-state index in [0.717, 1.165) is 5.56 Å². The molecule has 0 saturated carbocycles. The maximum absolute atomic E-state index is 12.3. The van der Waals surface area contributed by atoms with E-state index < -0.39 is 5.91 Å². The summed E-state index contributed by atoms with van der Waals surface area (Å²) in [6, 6.07) is 14.4. The van der Waals surface area contributed by atoms with Gasteiger partial charge in [0.25, 0.3) is 5.91 Å². The molecule has 25 heavy (non-hydrogen) atoms. The van der Waals surface area contributed by atoms with E-state index in [1.807, 2.05) is 39.0 Å². The number of nitrogens with zero attached hydrogens (tertiary/aromatic N) is 1. The number of benzene rings is 2. The first-order chi connectivity index (χ1) is 11.9. The molecule has 4 nitrogen and oxygen atoms in total. The summed E-state index contributed by atoms with van der Waals surface area (Å²) in [5, 5.41) is 12.4. The summed E-state index contributed by atoms with van der Waals surface area (Å²) in [4.78, 5) is 12.3. The number of ether oxygens (including phenoxy) is 1. The number of nitriles is 1. The van der Waals surface area contributed by atoms with Gasteiger partial charge < -0.3 is 10.1 Å². The van der Waals surface area contributed by atoms with Crippen molar-refractivity contribution in [3.05, 3.63) is 64.2 Å². The van der Waals surface area contributed by atoms with Crippen LogP contribution in [-0.2, 0) is 4.79 Å². The van der Waals surface area contributed by atoms with Crippen molar-refractivity contribution in [3.8, 4) is 11.8 Å². The minimum Gasteiger partial charge on any atom is -0.489 e. The van der Waals surface area contributed by atoms with Crippen LogP contribution in [0, 0.1) is 18.3 Å². The molecule has 128 valence electrons. The zero-order chi connectivity index (χ0) is 18.4. The normalized spacial score (nSPS) is 11.1. The van der Waals surface area contributed by atoms with Crippen molar-refractivity contribution >= 4 is 29.3 Å². The van der Waals surface area contributed by atoms with E-state index in [2.05, 4.69) is 5.32 Å². The largest absolute Gasteiger partial charge is 0.489 e. The Morgan fingerprint density at radius 2 is 1.92 bits per heavy atom.